The van der Waals surface area contributed by atoms with Crippen LogP contribution in [0.25, 0.3) is 0 Å². The maximum Gasteiger partial charge on any atom is 0.328 e. The largest absolute Gasteiger partial charge is 0.328 e. The molecule has 1 amide bonds. The van der Waals surface area contributed by atoms with E-state index >= 15 is 0 Å². The Morgan fingerprint density at radius 1 is 1.35 bits per heavy atom. The summed E-state index contributed by atoms with van der Waals surface area (Å²) in [5, 5.41) is 13.1. The Hall–Kier alpha value is -2.94. The fourth-order valence-electron chi connectivity index (χ4n) is 1.77. The number of nitrogens with zero attached hydrogens (tertiary/aromatic N) is 2. The Bertz CT molecular complexity index is 873. The van der Waals surface area contributed by atoms with Crippen LogP contribution in [-0.4, -0.2) is 20.4 Å². The molecule has 0 aliphatic heterocycles. The number of nitrogens with one attached hydrogen (secondary N) is 2. The summed E-state index contributed by atoms with van der Waals surface area (Å²) in [5.74, 6) is -0.432. The number of amides is 1. The van der Waals surface area contributed by atoms with Gasteiger partial charge in [0.05, 0.1) is 15.6 Å². The summed E-state index contributed by atoms with van der Waals surface area (Å²) < 4.78 is 1.18. The van der Waals surface area contributed by atoms with Crippen LogP contribution in [0.4, 0.5) is 11.4 Å². The van der Waals surface area contributed by atoms with Crippen molar-refractivity contribution in [3.05, 3.63) is 66.4 Å². The van der Waals surface area contributed by atoms with Gasteiger partial charge in [0.2, 0.25) is 5.91 Å². The van der Waals surface area contributed by atoms with Gasteiger partial charge in [-0.05, 0) is 6.07 Å². The van der Waals surface area contributed by atoms with Gasteiger partial charge < -0.3 is 9.88 Å². The summed E-state index contributed by atoms with van der Waals surface area (Å²) in [6, 6.07) is 4.84. The van der Waals surface area contributed by atoms with Crippen LogP contribution in [0.1, 0.15) is 6.42 Å². The fraction of sp³-hybridized carbons (Fsp3) is 0.154. The molecule has 1 aromatic heterocycles. The lowest BCUT2D eigenvalue weighted by molar-refractivity contribution is -0.384. The topological polar surface area (TPSA) is 127 Å². The molecule has 1 aromatic carbocycles. The predicted molar refractivity (Wildman–Crippen MR) is 82.7 cm³/mol. The van der Waals surface area contributed by atoms with E-state index in [-0.39, 0.29) is 29.4 Å². The second-order valence-corrected chi connectivity index (χ2v) is 4.93. The molecule has 0 atom stereocenters. The average molecular weight is 339 g/mol. The van der Waals surface area contributed by atoms with Crippen molar-refractivity contribution in [2.45, 2.75) is 13.0 Å². The third-order valence-electron chi connectivity index (χ3n) is 2.91. The lowest BCUT2D eigenvalue weighted by atomic mass is 10.2. The van der Waals surface area contributed by atoms with Crippen molar-refractivity contribution in [1.82, 2.24) is 9.55 Å². The number of aromatic nitrogens is 2. The molecule has 0 aliphatic carbocycles. The van der Waals surface area contributed by atoms with Gasteiger partial charge in [0.1, 0.15) is 0 Å². The second-order valence-electron chi connectivity index (χ2n) is 4.52. The minimum Gasteiger partial charge on any atom is -0.325 e. The summed E-state index contributed by atoms with van der Waals surface area (Å²) >= 11 is 5.86. The minimum absolute atomic E-state index is 0.0359. The zero-order valence-electron chi connectivity index (χ0n) is 11.6. The van der Waals surface area contributed by atoms with Crippen molar-refractivity contribution in [2.75, 3.05) is 5.32 Å². The van der Waals surface area contributed by atoms with Gasteiger partial charge in [0, 0.05) is 37.4 Å². The molecule has 0 aliphatic rings. The highest BCUT2D eigenvalue weighted by Crippen LogP contribution is 2.26. The first-order valence-corrected chi connectivity index (χ1v) is 6.78. The van der Waals surface area contributed by atoms with Crippen molar-refractivity contribution >= 4 is 28.9 Å². The molecule has 0 saturated heterocycles. The number of hydrogen-bond acceptors (Lipinski definition) is 5. The van der Waals surface area contributed by atoms with E-state index in [1.807, 2.05) is 0 Å². The number of aromatic amines is 1. The van der Waals surface area contributed by atoms with Crippen LogP contribution in [0.5, 0.6) is 0 Å². The van der Waals surface area contributed by atoms with Crippen LogP contribution in [0.2, 0.25) is 5.02 Å². The molecule has 10 heteroatoms. The number of rotatable bonds is 5. The summed E-state index contributed by atoms with van der Waals surface area (Å²) in [6.07, 6.45) is 1.24. The molecule has 9 nitrogen and oxygen atoms in total. The highest BCUT2D eigenvalue weighted by atomic mass is 35.5. The Balaban J connectivity index is 2.01. The summed E-state index contributed by atoms with van der Waals surface area (Å²) in [4.78, 5) is 46.3. The predicted octanol–water partition coefficient (Wildman–Crippen LogP) is 1.13. The first kappa shape index (κ1) is 16.4. The number of aryl methyl sites for hydroxylation is 1. The number of benzene rings is 1. The molecule has 120 valence electrons. The fourth-order valence-corrected chi connectivity index (χ4v) is 2.00. The zero-order valence-corrected chi connectivity index (χ0v) is 12.4. The highest BCUT2D eigenvalue weighted by molar-refractivity contribution is 6.33. The molecule has 0 radical (unpaired) electrons. The zero-order chi connectivity index (χ0) is 17.0. The van der Waals surface area contributed by atoms with Gasteiger partial charge >= 0.3 is 5.69 Å². The van der Waals surface area contributed by atoms with Gasteiger partial charge in [-0.2, -0.15) is 0 Å². The highest BCUT2D eigenvalue weighted by Gasteiger charge is 2.11. The van der Waals surface area contributed by atoms with Crippen molar-refractivity contribution in [1.29, 1.82) is 0 Å². The Morgan fingerprint density at radius 3 is 2.70 bits per heavy atom. The number of halogens is 1. The van der Waals surface area contributed by atoms with Crippen molar-refractivity contribution in [2.24, 2.45) is 0 Å². The molecule has 2 N–H and O–H groups in total. The Labute approximate surface area is 133 Å². The number of nitro groups is 1. The third kappa shape index (κ3) is 4.27. The number of nitro benzene ring substituents is 1. The average Bonchev–Trinajstić information content (AvgIpc) is 2.48. The maximum absolute atomic E-state index is 11.8. The van der Waals surface area contributed by atoms with Gasteiger partial charge in [0.25, 0.3) is 11.2 Å². The number of carbonyl (C=O) groups excluding carboxylic acids is 1. The van der Waals surface area contributed by atoms with Gasteiger partial charge in [-0.25, -0.2) is 4.79 Å². The van der Waals surface area contributed by atoms with Crippen molar-refractivity contribution in [3.8, 4) is 0 Å². The van der Waals surface area contributed by atoms with E-state index < -0.39 is 22.1 Å². The summed E-state index contributed by atoms with van der Waals surface area (Å²) in [7, 11) is 0. The Kier molecular flexibility index (Phi) is 4.91. The minimum atomic E-state index is -0.612. The molecule has 2 rings (SSSR count). The van der Waals surface area contributed by atoms with Crippen molar-refractivity contribution in [3.63, 3.8) is 0 Å². The molecule has 0 fully saturated rings. The van der Waals surface area contributed by atoms with Crippen molar-refractivity contribution < 1.29 is 9.72 Å². The molecule has 1 heterocycles. The Morgan fingerprint density at radius 2 is 2.09 bits per heavy atom. The first-order valence-electron chi connectivity index (χ1n) is 6.40. The monoisotopic (exact) mass is 338 g/mol. The second kappa shape index (κ2) is 6.88. The lowest BCUT2D eigenvalue weighted by Crippen LogP contribution is -2.29. The van der Waals surface area contributed by atoms with Crippen LogP contribution in [-0.2, 0) is 11.3 Å². The maximum atomic E-state index is 11.8. The number of anilines is 1. The molecular formula is C13H11ClN4O5. The van der Waals surface area contributed by atoms with E-state index in [4.69, 9.17) is 11.6 Å². The van der Waals surface area contributed by atoms with Crippen LogP contribution < -0.4 is 16.6 Å². The molecular weight excluding hydrogens is 328 g/mol. The van der Waals surface area contributed by atoms with Gasteiger partial charge in [-0.1, -0.05) is 11.6 Å². The number of non-ortho nitro benzene ring substituents is 1. The van der Waals surface area contributed by atoms with E-state index in [1.54, 1.807) is 0 Å². The standard InChI is InChI=1S/C13H11ClN4O5/c14-9-7-8(18(22)23)1-2-10(9)15-11(19)3-5-17-6-4-12(20)16-13(17)21/h1-2,4,6-7H,3,5H2,(H,15,19)(H,16,20,21). The quantitative estimate of drug-likeness (QED) is 0.624. The van der Waals surface area contributed by atoms with Crippen LogP contribution in [0.3, 0.4) is 0 Å². The van der Waals surface area contributed by atoms with Gasteiger partial charge in [-0.3, -0.25) is 24.7 Å². The molecule has 0 spiro atoms. The number of H-pyrrole nitrogens is 1. The first-order chi connectivity index (χ1) is 10.9. The van der Waals surface area contributed by atoms with E-state index in [2.05, 4.69) is 10.3 Å². The van der Waals surface area contributed by atoms with Crippen LogP contribution >= 0.6 is 11.6 Å². The van der Waals surface area contributed by atoms with E-state index in [0.717, 1.165) is 6.07 Å². The summed E-state index contributed by atoms with van der Waals surface area (Å²) in [6.45, 7) is 0.0616. The van der Waals surface area contributed by atoms with Crippen LogP contribution in [0, 0.1) is 10.1 Å². The van der Waals surface area contributed by atoms with E-state index in [9.17, 15) is 24.5 Å². The van der Waals surface area contributed by atoms with E-state index in [0.29, 0.717) is 0 Å². The number of hydrogen-bond donors (Lipinski definition) is 2. The SMILES string of the molecule is O=C(CCn1ccc(=O)[nH]c1=O)Nc1ccc([N+](=O)[O-])cc1Cl. The third-order valence-corrected chi connectivity index (χ3v) is 3.23. The normalized spacial score (nSPS) is 10.3. The molecule has 0 saturated carbocycles. The van der Waals surface area contributed by atoms with Crippen LogP contribution in [0.15, 0.2) is 40.1 Å². The molecule has 0 unspecified atom stereocenters. The van der Waals surface area contributed by atoms with E-state index in [1.165, 1.54) is 29.0 Å². The molecule has 2 aromatic rings. The van der Waals surface area contributed by atoms with Gasteiger partial charge in [0.15, 0.2) is 0 Å². The molecule has 23 heavy (non-hydrogen) atoms. The number of carbonyl (C=O) groups is 1. The smallest absolute Gasteiger partial charge is 0.325 e. The lowest BCUT2D eigenvalue weighted by Gasteiger charge is -2.08. The summed E-state index contributed by atoms with van der Waals surface area (Å²) in [5.41, 5.74) is -1.09. The molecule has 0 bridgehead atoms. The van der Waals surface area contributed by atoms with Gasteiger partial charge in [-0.15, -0.1) is 0 Å².